The normalized spacial score (nSPS) is 31.5. The zero-order valence-electron chi connectivity index (χ0n) is 57.9. The molecule has 34 heteroatoms. The number of carbonyl (C=O) groups is 9. The number of aromatic nitrogens is 2. The van der Waals surface area contributed by atoms with Gasteiger partial charge in [0.15, 0.2) is 6.23 Å². The number of aliphatic carboxylic acids is 1. The van der Waals surface area contributed by atoms with Crippen LogP contribution in [-0.4, -0.2) is 146 Å². The van der Waals surface area contributed by atoms with E-state index in [1.54, 1.807) is 33.8 Å². The van der Waals surface area contributed by atoms with Gasteiger partial charge in [-0.2, -0.15) is 5.70 Å². The number of nitrogens with zero attached hydrogens (tertiary/aromatic N) is 7. The molecule has 1 aromatic heterocycles. The SMILES string of the molecule is C/C1=C2N=C(/C=C3N=C(/C(C)=C4\[N-][C@@](C)([C@@H]5N=C1[C@](C)(CCC(=O)NC[C@@H](C)OP(=O)([O-])O[C@H]1[C@@H](O)[C@@H](n6cnc7cc(C)c(C)cc76)O[C@@H]1COC(=O)NCC(=O)O)[C@H]5CC(N)=O)[C@@](C)(CC(N)=O)[C@@H]4CCC(N)=O)[C@@](C)(CC(N)=O)[C@@H]\3CCC(N)=O)C(C)(C)[C@@H]/2CCC(N)=O.[C-]#N.[Co+3]. The van der Waals surface area contributed by atoms with Gasteiger partial charge < -0.3 is 100 Å². The molecule has 1 unspecified atom stereocenters. The second-order valence-corrected chi connectivity index (χ2v) is 29.5. The topological polar surface area (TPSA) is 544 Å². The molecule has 8 bridgehead atoms. The van der Waals surface area contributed by atoms with Crippen molar-refractivity contribution in [3.63, 3.8) is 0 Å². The van der Waals surface area contributed by atoms with Crippen molar-refractivity contribution in [2.45, 2.75) is 189 Å². The van der Waals surface area contributed by atoms with Gasteiger partial charge in [-0.1, -0.05) is 47.1 Å². The number of rotatable bonds is 29. The number of allylic oxidation sites excluding steroid dienone is 6. The number of phosphoric acid groups is 1. The molecule has 2 saturated heterocycles. The van der Waals surface area contributed by atoms with Gasteiger partial charge in [0.05, 0.1) is 23.5 Å². The van der Waals surface area contributed by atoms with Gasteiger partial charge in [-0.15, -0.1) is 0 Å². The molecule has 8 amide bonds. The molecule has 6 aliphatic rings. The number of fused-ring (bicyclic) bond motifs is 7. The number of carboxylic acid groups (broad SMARTS) is 1. The number of carbonyl (C=O) groups excluding carboxylic acids is 8. The van der Waals surface area contributed by atoms with Crippen LogP contribution in [-0.2, 0) is 78.2 Å². The van der Waals surface area contributed by atoms with Crippen LogP contribution in [0, 0.1) is 71.0 Å². The summed E-state index contributed by atoms with van der Waals surface area (Å²) in [6.07, 6.45) is -7.16. The Morgan fingerprint density at radius 3 is 1.96 bits per heavy atom. The van der Waals surface area contributed by atoms with Gasteiger partial charge in [0.25, 0.3) is 7.82 Å². The fourth-order valence-corrected chi connectivity index (χ4v) is 16.8. The monoisotopic (exact) mass is 1460 g/mol. The summed E-state index contributed by atoms with van der Waals surface area (Å²) in [4.78, 5) is 152. The number of hydrogen-bond donors (Lipinski definition) is 10. The number of carboxylic acids is 1. The molecule has 1 aromatic carbocycles. The molecule has 2 fully saturated rings. The Balaban J connectivity index is 0.00000520. The van der Waals surface area contributed by atoms with E-state index in [1.807, 2.05) is 59.0 Å². The van der Waals surface area contributed by atoms with E-state index in [2.05, 4.69) is 10.3 Å². The summed E-state index contributed by atoms with van der Waals surface area (Å²) in [6, 6.07) is 2.51. The van der Waals surface area contributed by atoms with Crippen molar-refractivity contribution in [2.75, 3.05) is 19.7 Å². The van der Waals surface area contributed by atoms with E-state index in [1.165, 1.54) is 17.8 Å². The molecule has 16 N–H and O–H groups in total. The number of alkyl carbamates (subject to hydrolysis) is 1. The van der Waals surface area contributed by atoms with E-state index in [9.17, 15) is 57.7 Å². The van der Waals surface area contributed by atoms with Gasteiger partial charge in [-0.3, -0.25) is 57.9 Å². The quantitative estimate of drug-likeness (QED) is 0.0413. The predicted octanol–water partition coefficient (Wildman–Crippen LogP) is 3.23. The maximum absolute atomic E-state index is 14.5. The third kappa shape index (κ3) is 16.5. The number of ether oxygens (including phenoxy) is 2. The summed E-state index contributed by atoms with van der Waals surface area (Å²) in [6.45, 7) is 22.5. The number of aliphatic hydroxyl groups is 1. The standard InChI is InChI=1S/C65H93N14O17P.CN.Co/c1-30-20-40-41(21-31(30)2)79(29-74-40)59-54(89)55(42(94-59)28-93-60(90)73-27-51(87)88)96-97(91,92)95-32(3)26-72-50(86)18-19-62(8)38(22-47(69)83)58-65(11)64(10,25-49(71)85)37(14-17-46(68)82)53(78-65)34(5)57-63(9,24-48(70)84)35(12-15-44(66)80)39(75-57)23-43-61(6,7)36(13-16-45(67)81)52(76-43)33(4)56(62)77-58;1-2;/h20-21,23,29,32,35-38,42,54-55,58-59,89H,12-19,22,24-28H2,1-11H3,(H17,66,67,68,69,70,71,72,73,75,76,77,78,80,81,82,83,84,85,86,87,88,90,91,92);;/q;-1;+3/p-2/t32-,35-,36-,37-,38+,42-,54-,55-,58-,59+,62-,63+,64+,65+;;/m1../s1. The van der Waals surface area contributed by atoms with Crippen LogP contribution in [0.15, 0.2) is 67.8 Å². The number of aryl methyl sites for hydroxylation is 2. The van der Waals surface area contributed by atoms with Crippen molar-refractivity contribution in [2.24, 2.45) is 94.7 Å². The van der Waals surface area contributed by atoms with Crippen LogP contribution in [0.3, 0.4) is 0 Å². The van der Waals surface area contributed by atoms with Gasteiger partial charge in [-0.25, -0.2) is 9.78 Å². The Labute approximate surface area is 589 Å². The van der Waals surface area contributed by atoms with Gasteiger partial charge in [-0.05, 0) is 118 Å². The largest absolute Gasteiger partial charge is 3.00 e. The molecule has 2 aromatic rings. The molecule has 100 heavy (non-hydrogen) atoms. The molecule has 0 spiro atoms. The molecule has 0 aliphatic carbocycles. The molecular formula is C66H91CoN15O17P. The summed E-state index contributed by atoms with van der Waals surface area (Å²) >= 11 is 0. The molecule has 32 nitrogen and oxygen atoms in total. The number of amides is 8. The average molecular weight is 1460 g/mol. The smallest absolute Gasteiger partial charge is 0.756 e. The summed E-state index contributed by atoms with van der Waals surface area (Å²) in [5.74, 6) is -9.07. The van der Waals surface area contributed by atoms with E-state index in [0.29, 0.717) is 56.4 Å². The third-order valence-corrected chi connectivity index (χ3v) is 22.2. The van der Waals surface area contributed by atoms with Crippen molar-refractivity contribution in [1.82, 2.24) is 20.2 Å². The van der Waals surface area contributed by atoms with Crippen LogP contribution in [0.5, 0.6) is 0 Å². The first-order valence-electron chi connectivity index (χ1n) is 32.5. The minimum absolute atomic E-state index is 0. The van der Waals surface area contributed by atoms with Crippen molar-refractivity contribution in [1.29, 1.82) is 5.26 Å². The summed E-state index contributed by atoms with van der Waals surface area (Å²) < 4.78 is 37.6. The maximum atomic E-state index is 14.5. The fraction of sp³-hybridized carbons (Fsp3) is 0.606. The third-order valence-electron chi connectivity index (χ3n) is 21.1. The minimum Gasteiger partial charge on any atom is -0.756 e. The molecule has 8 rings (SSSR count). The van der Waals surface area contributed by atoms with Crippen LogP contribution < -0.4 is 49.9 Å². The van der Waals surface area contributed by atoms with E-state index in [4.69, 9.17) is 90.2 Å². The first kappa shape index (κ1) is 80.7. The van der Waals surface area contributed by atoms with Crippen molar-refractivity contribution >= 4 is 89.4 Å². The zero-order valence-corrected chi connectivity index (χ0v) is 59.8. The average Bonchev–Trinajstić information content (AvgIpc) is 1.53. The summed E-state index contributed by atoms with van der Waals surface area (Å²) in [5.41, 5.74) is 36.0. The maximum Gasteiger partial charge on any atom is 3.00 e. The molecule has 7 heterocycles. The second kappa shape index (κ2) is 31.3. The number of hydrogen-bond acceptors (Lipinski definition) is 21. The number of primary amides is 6. The van der Waals surface area contributed by atoms with E-state index in [0.717, 1.165) is 11.1 Å². The van der Waals surface area contributed by atoms with Crippen LogP contribution in [0.25, 0.3) is 16.4 Å². The van der Waals surface area contributed by atoms with Gasteiger partial charge in [0.1, 0.15) is 31.5 Å². The molecule has 15 atom stereocenters. The Bertz CT molecular complexity index is 3880. The number of aliphatic imine (C=N–C) groups is 3. The van der Waals surface area contributed by atoms with Crippen LogP contribution in [0.2, 0.25) is 0 Å². The molecule has 546 valence electrons. The number of phosphoric ester groups is 1. The fourth-order valence-electron chi connectivity index (χ4n) is 15.7. The molecular weight excluding hydrogens is 1360 g/mol. The number of nitrogens with two attached hydrogens (primary N) is 6. The van der Waals surface area contributed by atoms with Crippen LogP contribution in [0.1, 0.15) is 150 Å². The number of benzene rings is 1. The Morgan fingerprint density at radius 2 is 1.38 bits per heavy atom. The molecule has 6 aliphatic heterocycles. The Hall–Kier alpha value is -8.22. The minimum atomic E-state index is -5.50. The van der Waals surface area contributed by atoms with Crippen molar-refractivity contribution in [3.05, 3.63) is 75.8 Å². The van der Waals surface area contributed by atoms with Gasteiger partial charge in [0.2, 0.25) is 41.4 Å². The van der Waals surface area contributed by atoms with Gasteiger partial charge >= 0.3 is 28.8 Å². The Kier molecular flexibility index (Phi) is 25.3. The molecule has 0 radical (unpaired) electrons. The van der Waals surface area contributed by atoms with E-state index in [-0.39, 0.29) is 87.4 Å². The van der Waals surface area contributed by atoms with Gasteiger partial charge in [0, 0.05) is 114 Å². The van der Waals surface area contributed by atoms with Crippen molar-refractivity contribution in [3.8, 4) is 0 Å². The Morgan fingerprint density at radius 1 is 0.790 bits per heavy atom. The second-order valence-electron chi connectivity index (χ2n) is 28.2. The van der Waals surface area contributed by atoms with Crippen LogP contribution >= 0.6 is 7.82 Å². The number of aliphatic hydroxyl groups excluding tert-OH is 1. The van der Waals surface area contributed by atoms with E-state index >= 15 is 0 Å². The van der Waals surface area contributed by atoms with Crippen LogP contribution in [0.4, 0.5) is 4.79 Å². The van der Waals surface area contributed by atoms with Crippen molar-refractivity contribution < 1.29 is 98.1 Å². The first-order chi connectivity index (χ1) is 46.1. The summed E-state index contributed by atoms with van der Waals surface area (Å²) in [5, 5.41) is 37.4. The number of nitrogens with one attached hydrogen (secondary N) is 2. The predicted molar refractivity (Wildman–Crippen MR) is 356 cm³/mol. The number of imidazole rings is 1. The summed E-state index contributed by atoms with van der Waals surface area (Å²) in [7, 11) is -5.50. The first-order valence-corrected chi connectivity index (χ1v) is 33.9. The molecule has 0 saturated carbocycles. The van der Waals surface area contributed by atoms with E-state index < -0.39 is 168 Å². The zero-order chi connectivity index (χ0) is 74.0.